The first-order valence-corrected chi connectivity index (χ1v) is 11.3. The summed E-state index contributed by atoms with van der Waals surface area (Å²) in [6, 6.07) is 11.0. The van der Waals surface area contributed by atoms with Crippen molar-refractivity contribution in [3.05, 3.63) is 70.1 Å². The highest BCUT2D eigenvalue weighted by molar-refractivity contribution is 5.82. The topological polar surface area (TPSA) is 94.8 Å². The number of ether oxygens (including phenoxy) is 1. The first-order chi connectivity index (χ1) is 16.8. The Morgan fingerprint density at radius 2 is 1.86 bits per heavy atom. The van der Waals surface area contributed by atoms with Crippen LogP contribution in [0.2, 0.25) is 0 Å². The van der Waals surface area contributed by atoms with Crippen LogP contribution in [0.4, 0.5) is 16.0 Å². The van der Waals surface area contributed by atoms with Crippen molar-refractivity contribution in [2.45, 2.75) is 26.3 Å². The largest absolute Gasteiger partial charge is 0.497 e. The van der Waals surface area contributed by atoms with Crippen LogP contribution in [-0.2, 0) is 11.3 Å². The van der Waals surface area contributed by atoms with Crippen LogP contribution in [0.15, 0.2) is 47.3 Å². The maximum atomic E-state index is 14.6. The fraction of sp³-hybridized carbons (Fsp3) is 0.308. The number of primary amides is 1. The molecule has 0 saturated carbocycles. The molecule has 0 aliphatic carbocycles. The van der Waals surface area contributed by atoms with Crippen LogP contribution in [-0.4, -0.2) is 35.7 Å². The standard InChI is InChI=1S/C26H26FN5O3/c1-16-10-12-31(13-11-16)26-30-24(18-6-9-21(29-2)20(27)14-18)23(25(34)32(26)15-22(28)33)17-4-7-19(35-3)8-5-17/h4-9,14,16H,10-13,15H2,1,3H3,(H2,28,33). The second-order valence-electron chi connectivity index (χ2n) is 8.67. The molecule has 3 aromatic rings. The number of anilines is 1. The molecule has 0 atom stereocenters. The minimum atomic E-state index is -0.699. The Kier molecular flexibility index (Phi) is 6.82. The summed E-state index contributed by atoms with van der Waals surface area (Å²) in [7, 11) is 1.54. The number of carbonyl (C=O) groups is 1. The van der Waals surface area contributed by atoms with E-state index in [9.17, 15) is 14.0 Å². The molecule has 2 N–H and O–H groups in total. The van der Waals surface area contributed by atoms with Gasteiger partial charge >= 0.3 is 0 Å². The number of carbonyl (C=O) groups excluding carboxylic acids is 1. The Morgan fingerprint density at radius 3 is 2.43 bits per heavy atom. The van der Waals surface area contributed by atoms with Crippen LogP contribution in [0, 0.1) is 18.3 Å². The lowest BCUT2D eigenvalue weighted by atomic mass is 9.98. The summed E-state index contributed by atoms with van der Waals surface area (Å²) in [5.41, 5.74) is 6.29. The summed E-state index contributed by atoms with van der Waals surface area (Å²) in [4.78, 5) is 35.8. The third kappa shape index (κ3) is 4.87. The molecule has 9 heteroatoms. The molecule has 1 aromatic heterocycles. The molecular formula is C26H26FN5O3. The van der Waals surface area contributed by atoms with Crippen molar-refractivity contribution in [1.82, 2.24) is 9.55 Å². The van der Waals surface area contributed by atoms with Gasteiger partial charge in [-0.05, 0) is 42.5 Å². The summed E-state index contributed by atoms with van der Waals surface area (Å²) >= 11 is 0. The van der Waals surface area contributed by atoms with Gasteiger partial charge < -0.3 is 15.4 Å². The highest BCUT2D eigenvalue weighted by atomic mass is 19.1. The summed E-state index contributed by atoms with van der Waals surface area (Å²) in [5.74, 6) is 0.0989. The van der Waals surface area contributed by atoms with E-state index in [-0.39, 0.29) is 23.5 Å². The van der Waals surface area contributed by atoms with Gasteiger partial charge in [0.25, 0.3) is 5.56 Å². The molecule has 0 radical (unpaired) electrons. The first-order valence-electron chi connectivity index (χ1n) is 11.3. The maximum absolute atomic E-state index is 14.6. The van der Waals surface area contributed by atoms with Crippen molar-refractivity contribution in [3.8, 4) is 28.1 Å². The molecule has 180 valence electrons. The Bertz CT molecular complexity index is 1350. The zero-order chi connectivity index (χ0) is 25.1. The molecule has 2 aromatic carbocycles. The van der Waals surface area contributed by atoms with Gasteiger partial charge in [-0.3, -0.25) is 14.2 Å². The summed E-state index contributed by atoms with van der Waals surface area (Å²) in [5, 5.41) is 0. The molecular weight excluding hydrogens is 449 g/mol. The van der Waals surface area contributed by atoms with Crippen LogP contribution < -0.4 is 20.9 Å². The van der Waals surface area contributed by atoms with Crippen LogP contribution in [0.1, 0.15) is 19.8 Å². The second-order valence-corrected chi connectivity index (χ2v) is 8.67. The van der Waals surface area contributed by atoms with Crippen LogP contribution in [0.25, 0.3) is 27.2 Å². The molecule has 1 amide bonds. The lowest BCUT2D eigenvalue weighted by molar-refractivity contribution is -0.118. The maximum Gasteiger partial charge on any atom is 0.263 e. The number of rotatable bonds is 6. The van der Waals surface area contributed by atoms with Crippen molar-refractivity contribution in [2.75, 3.05) is 25.1 Å². The average Bonchev–Trinajstić information content (AvgIpc) is 2.85. The van der Waals surface area contributed by atoms with E-state index in [0.29, 0.717) is 41.8 Å². The van der Waals surface area contributed by atoms with Crippen molar-refractivity contribution < 1.29 is 13.9 Å². The van der Waals surface area contributed by atoms with E-state index in [0.717, 1.165) is 12.8 Å². The zero-order valence-corrected chi connectivity index (χ0v) is 19.6. The third-order valence-electron chi connectivity index (χ3n) is 6.25. The normalized spacial score (nSPS) is 13.9. The van der Waals surface area contributed by atoms with Gasteiger partial charge in [0, 0.05) is 18.7 Å². The van der Waals surface area contributed by atoms with Gasteiger partial charge in [-0.25, -0.2) is 14.2 Å². The van der Waals surface area contributed by atoms with Gasteiger partial charge in [0.05, 0.1) is 24.9 Å². The predicted octanol–water partition coefficient (Wildman–Crippen LogP) is 4.00. The molecule has 0 unspecified atom stereocenters. The first kappa shape index (κ1) is 24.0. The number of nitrogens with zero attached hydrogens (tertiary/aromatic N) is 4. The monoisotopic (exact) mass is 475 g/mol. The van der Waals surface area contributed by atoms with Crippen molar-refractivity contribution in [2.24, 2.45) is 11.7 Å². The predicted molar refractivity (Wildman–Crippen MR) is 132 cm³/mol. The van der Waals surface area contributed by atoms with E-state index >= 15 is 0 Å². The lowest BCUT2D eigenvalue weighted by Crippen LogP contribution is -2.40. The number of methoxy groups -OCH3 is 1. The quantitative estimate of drug-likeness (QED) is 0.544. The molecule has 8 nitrogen and oxygen atoms in total. The smallest absolute Gasteiger partial charge is 0.263 e. The van der Waals surface area contributed by atoms with Crippen LogP contribution in [0.3, 0.4) is 0 Å². The number of nitrogens with two attached hydrogens (primary N) is 1. The van der Waals surface area contributed by atoms with Crippen molar-refractivity contribution in [1.29, 1.82) is 0 Å². The van der Waals surface area contributed by atoms with E-state index in [1.807, 2.05) is 4.90 Å². The lowest BCUT2D eigenvalue weighted by Gasteiger charge is -2.33. The van der Waals surface area contributed by atoms with Crippen LogP contribution >= 0.6 is 0 Å². The highest BCUT2D eigenvalue weighted by Crippen LogP contribution is 2.34. The molecule has 4 rings (SSSR count). The molecule has 1 saturated heterocycles. The second kappa shape index (κ2) is 9.97. The van der Waals surface area contributed by atoms with Gasteiger partial charge in [0.2, 0.25) is 17.5 Å². The number of hydrogen-bond donors (Lipinski definition) is 1. The highest BCUT2D eigenvalue weighted by Gasteiger charge is 2.26. The molecule has 0 bridgehead atoms. The van der Waals surface area contributed by atoms with E-state index in [1.165, 1.54) is 23.8 Å². The molecule has 35 heavy (non-hydrogen) atoms. The van der Waals surface area contributed by atoms with E-state index < -0.39 is 17.3 Å². The Morgan fingerprint density at radius 1 is 1.20 bits per heavy atom. The number of hydrogen-bond acceptors (Lipinski definition) is 5. The number of halogens is 1. The zero-order valence-electron chi connectivity index (χ0n) is 19.6. The molecule has 1 aliphatic heterocycles. The number of amides is 1. The molecule has 1 aliphatic rings. The van der Waals surface area contributed by atoms with E-state index in [1.54, 1.807) is 30.3 Å². The van der Waals surface area contributed by atoms with Gasteiger partial charge in [0.15, 0.2) is 0 Å². The number of piperidine rings is 1. The third-order valence-corrected chi connectivity index (χ3v) is 6.25. The van der Waals surface area contributed by atoms with Crippen LogP contribution in [0.5, 0.6) is 5.75 Å². The Hall–Kier alpha value is -4.19. The van der Waals surface area contributed by atoms with Gasteiger partial charge in [-0.15, -0.1) is 0 Å². The fourth-order valence-electron chi connectivity index (χ4n) is 4.26. The fourth-order valence-corrected chi connectivity index (χ4v) is 4.26. The summed E-state index contributed by atoms with van der Waals surface area (Å²) in [6.07, 6.45) is 1.83. The molecule has 1 fully saturated rings. The summed E-state index contributed by atoms with van der Waals surface area (Å²) in [6.45, 7) is 10.3. The number of benzene rings is 2. The van der Waals surface area contributed by atoms with Gasteiger partial charge in [-0.1, -0.05) is 31.2 Å². The minimum absolute atomic E-state index is 0.118. The van der Waals surface area contributed by atoms with E-state index in [4.69, 9.17) is 22.0 Å². The molecule has 2 heterocycles. The van der Waals surface area contributed by atoms with E-state index in [2.05, 4.69) is 11.8 Å². The van der Waals surface area contributed by atoms with Crippen molar-refractivity contribution in [3.63, 3.8) is 0 Å². The van der Waals surface area contributed by atoms with Gasteiger partial charge in [-0.2, -0.15) is 0 Å². The minimum Gasteiger partial charge on any atom is -0.497 e. The SMILES string of the molecule is [C-]#[N+]c1ccc(-c2nc(N3CCC(C)CC3)n(CC(N)=O)c(=O)c2-c2ccc(OC)cc2)cc1F. The molecule has 0 spiro atoms. The summed E-state index contributed by atoms with van der Waals surface area (Å²) < 4.78 is 21.1. The Balaban J connectivity index is 2.00. The average molecular weight is 476 g/mol. The van der Waals surface area contributed by atoms with Crippen molar-refractivity contribution >= 4 is 17.5 Å². The Labute approximate surface area is 202 Å². The number of aromatic nitrogens is 2. The van der Waals surface area contributed by atoms with Gasteiger partial charge in [0.1, 0.15) is 18.1 Å².